The van der Waals surface area contributed by atoms with E-state index in [2.05, 4.69) is 466 Å². The molecule has 0 spiro atoms. The van der Waals surface area contributed by atoms with Crippen molar-refractivity contribution in [2.75, 3.05) is 0 Å². The van der Waals surface area contributed by atoms with Crippen LogP contribution in [0.15, 0.2) is 425 Å². The van der Waals surface area contributed by atoms with Crippen molar-refractivity contribution in [3.8, 4) is 89.0 Å². The molecule has 0 heteroatoms. The smallest absolute Gasteiger partial charge is 0.0103 e. The fraction of sp³-hybridized carbons (Fsp3) is 0.0566. The lowest BCUT2D eigenvalue weighted by molar-refractivity contribution is 1.45. The Kier molecular flexibility index (Phi) is 23.7. The average Bonchev–Trinajstić information content (AvgIpc) is 0.837. The molecule has 0 aliphatic heterocycles. The maximum absolute atomic E-state index is 2.28. The van der Waals surface area contributed by atoms with Crippen LogP contribution in [0.25, 0.3) is 132 Å². The molecule has 0 amide bonds. The van der Waals surface area contributed by atoms with Gasteiger partial charge in [0.1, 0.15) is 0 Å². The van der Waals surface area contributed by atoms with Gasteiger partial charge in [-0.1, -0.05) is 435 Å². The molecule has 0 aromatic heterocycles. The van der Waals surface area contributed by atoms with E-state index >= 15 is 0 Å². The van der Waals surface area contributed by atoms with Crippen molar-refractivity contribution in [1.29, 1.82) is 0 Å². The summed E-state index contributed by atoms with van der Waals surface area (Å²) in [6.07, 6.45) is 0. The Morgan fingerprint density at radius 2 is 0.425 bits per heavy atom. The number of hydrogen-bond acceptors (Lipinski definition) is 0. The normalized spacial score (nSPS) is 10.5. The van der Waals surface area contributed by atoms with Crippen LogP contribution in [-0.2, 0) is 0 Å². The maximum atomic E-state index is 2.28. The van der Waals surface area contributed by atoms with Gasteiger partial charge in [0.15, 0.2) is 0 Å². The van der Waals surface area contributed by atoms with Gasteiger partial charge < -0.3 is 0 Å². The summed E-state index contributed by atoms with van der Waals surface area (Å²) >= 11 is 0. The Bertz CT molecular complexity index is 5880. The Balaban J connectivity index is 0.000000116. The molecule has 0 unspecified atom stereocenters. The summed E-state index contributed by atoms with van der Waals surface area (Å²) in [7, 11) is 0. The van der Waals surface area contributed by atoms with Crippen LogP contribution in [0.4, 0.5) is 0 Å². The zero-order valence-corrected chi connectivity index (χ0v) is 61.4. The summed E-state index contributed by atoms with van der Waals surface area (Å²) in [5.41, 5.74) is 28.2. The number of benzene rings is 18. The Morgan fingerprint density at radius 3 is 0.925 bits per heavy atom. The van der Waals surface area contributed by atoms with Crippen LogP contribution in [0.1, 0.15) is 33.4 Å². The van der Waals surface area contributed by atoms with Gasteiger partial charge in [-0.25, -0.2) is 0 Å². The van der Waals surface area contributed by atoms with Crippen molar-refractivity contribution in [3.63, 3.8) is 0 Å². The van der Waals surface area contributed by atoms with Crippen molar-refractivity contribution >= 4 is 43.1 Å². The third kappa shape index (κ3) is 18.2. The van der Waals surface area contributed by atoms with Gasteiger partial charge in [0.2, 0.25) is 0 Å². The zero-order valence-electron chi connectivity index (χ0n) is 61.4. The molecular weight excluding hydrogens is 1270 g/mol. The predicted molar refractivity (Wildman–Crippen MR) is 461 cm³/mol. The topological polar surface area (TPSA) is 0 Å². The lowest BCUT2D eigenvalue weighted by Gasteiger charge is -2.13. The molecule has 18 aromatic rings. The van der Waals surface area contributed by atoms with E-state index in [1.165, 1.54) is 165 Å². The highest BCUT2D eigenvalue weighted by molar-refractivity contribution is 5.98. The van der Waals surface area contributed by atoms with E-state index < -0.39 is 0 Å². The van der Waals surface area contributed by atoms with Gasteiger partial charge in [0.25, 0.3) is 0 Å². The van der Waals surface area contributed by atoms with Crippen molar-refractivity contribution in [3.05, 3.63) is 458 Å². The highest BCUT2D eigenvalue weighted by atomic mass is 14.2. The van der Waals surface area contributed by atoms with Crippen LogP contribution < -0.4 is 0 Å². The molecule has 0 nitrogen and oxygen atoms in total. The van der Waals surface area contributed by atoms with Crippen molar-refractivity contribution in [2.45, 2.75) is 41.5 Å². The predicted octanol–water partition coefficient (Wildman–Crippen LogP) is 29.9. The maximum Gasteiger partial charge on any atom is -0.0103 e. The molecule has 0 aliphatic rings. The lowest BCUT2D eigenvalue weighted by Crippen LogP contribution is -1.88. The second kappa shape index (κ2) is 35.3. The monoisotopic (exact) mass is 1360 g/mol. The van der Waals surface area contributed by atoms with Gasteiger partial charge in [-0.15, -0.1) is 0 Å². The van der Waals surface area contributed by atoms with Gasteiger partial charge in [0, 0.05) is 0 Å². The average molecular weight is 1360 g/mol. The molecule has 0 fully saturated rings. The molecule has 0 bridgehead atoms. The molecule has 0 aliphatic carbocycles. The van der Waals surface area contributed by atoms with E-state index in [0.717, 1.165) is 0 Å². The minimum atomic E-state index is 1.25. The molecule has 0 heterocycles. The first-order valence-corrected chi connectivity index (χ1v) is 36.7. The van der Waals surface area contributed by atoms with Gasteiger partial charge in [-0.2, -0.15) is 0 Å². The first-order valence-electron chi connectivity index (χ1n) is 36.7. The first kappa shape index (κ1) is 71.4. The summed E-state index contributed by atoms with van der Waals surface area (Å²) in [6.45, 7) is 12.8. The Hall–Kier alpha value is -13.0. The minimum absolute atomic E-state index is 1.25. The van der Waals surface area contributed by atoms with Gasteiger partial charge >= 0.3 is 0 Å². The molecule has 512 valence electrons. The minimum Gasteiger partial charge on any atom is -0.0622 e. The standard InChI is InChI=1S/2C25H20.2C17H14.2C11H10/c1-19-9-7-13-22(17-19)24-15-5-6-16-25(24)23-14-8-12-21(18-23)20-10-3-2-4-11-20;1-19-10-5-6-15-23(19)25-17-8-7-16-24(25)22-14-9-13-21(18-22)20-11-3-2-4-12-20;1-13-6-4-9-15(12-13)17-11-5-8-14-7-2-3-10-16(14)17;1-13-9-11-15(12-10-13)17-8-4-6-14-5-2-3-7-16(14)17;1-9-5-4-7-10-6-2-3-8-11(9)10;1-9-6-7-10-4-2-3-5-11(10)8-9/h2*2-18H,1H3;2*2-12H,1H3;2*2-8H,1H3. The fourth-order valence-corrected chi connectivity index (χ4v) is 13.8. The molecule has 0 N–H and O–H groups in total. The summed E-state index contributed by atoms with van der Waals surface area (Å²) in [4.78, 5) is 0. The Morgan fingerprint density at radius 1 is 0.123 bits per heavy atom. The molecule has 0 saturated carbocycles. The summed E-state index contributed by atoms with van der Waals surface area (Å²) in [6, 6.07) is 150. The zero-order chi connectivity index (χ0) is 72.8. The molecule has 18 aromatic carbocycles. The van der Waals surface area contributed by atoms with Crippen LogP contribution in [0, 0.1) is 41.5 Å². The van der Waals surface area contributed by atoms with Crippen LogP contribution in [0.2, 0.25) is 0 Å². The third-order valence-electron chi connectivity index (χ3n) is 19.4. The van der Waals surface area contributed by atoms with E-state index in [4.69, 9.17) is 0 Å². The summed E-state index contributed by atoms with van der Waals surface area (Å²) in [5, 5.41) is 10.6. The van der Waals surface area contributed by atoms with Gasteiger partial charge in [-0.05, 0) is 197 Å². The number of rotatable bonds is 8. The van der Waals surface area contributed by atoms with Crippen LogP contribution in [-0.4, -0.2) is 0 Å². The van der Waals surface area contributed by atoms with E-state index in [1.54, 1.807) is 0 Å². The van der Waals surface area contributed by atoms with E-state index in [-0.39, 0.29) is 0 Å². The second-order valence-electron chi connectivity index (χ2n) is 27.1. The SMILES string of the molecule is Cc1ccc(-c2cccc3ccccc23)cc1.Cc1ccc2ccccc2c1.Cc1cccc(-c2cccc3ccccc23)c1.Cc1cccc(-c2ccccc2-c2cccc(-c3ccccc3)c2)c1.Cc1cccc2ccccc12.Cc1ccccc1-c1ccccc1-c1cccc(-c2ccccc2)c1. The highest BCUT2D eigenvalue weighted by Crippen LogP contribution is 2.38. The van der Waals surface area contributed by atoms with E-state index in [0.29, 0.717) is 0 Å². The van der Waals surface area contributed by atoms with Crippen molar-refractivity contribution < 1.29 is 0 Å². The fourth-order valence-electron chi connectivity index (χ4n) is 13.8. The molecular formula is C106H88. The number of fused-ring (bicyclic) bond motifs is 4. The van der Waals surface area contributed by atoms with E-state index in [9.17, 15) is 0 Å². The van der Waals surface area contributed by atoms with Gasteiger partial charge in [0.05, 0.1) is 0 Å². The highest BCUT2D eigenvalue weighted by Gasteiger charge is 2.12. The quantitative estimate of drug-likeness (QED) is 0.142. The number of hydrogen-bond donors (Lipinski definition) is 0. The molecule has 0 radical (unpaired) electrons. The van der Waals surface area contributed by atoms with Crippen LogP contribution >= 0.6 is 0 Å². The third-order valence-corrected chi connectivity index (χ3v) is 19.4. The molecule has 0 atom stereocenters. The lowest BCUT2D eigenvalue weighted by atomic mass is 9.91. The summed E-state index contributed by atoms with van der Waals surface area (Å²) in [5.74, 6) is 0. The molecule has 18 rings (SSSR count). The van der Waals surface area contributed by atoms with Crippen LogP contribution in [0.5, 0.6) is 0 Å². The summed E-state index contributed by atoms with van der Waals surface area (Å²) < 4.78 is 0. The van der Waals surface area contributed by atoms with E-state index in [1.807, 2.05) is 0 Å². The first-order chi connectivity index (χ1) is 52.1. The number of aryl methyl sites for hydroxylation is 6. The second-order valence-corrected chi connectivity index (χ2v) is 27.1. The molecule has 0 saturated heterocycles. The Labute approximate surface area is 627 Å². The largest absolute Gasteiger partial charge is 0.0622 e. The van der Waals surface area contributed by atoms with Crippen molar-refractivity contribution in [2.24, 2.45) is 0 Å². The van der Waals surface area contributed by atoms with Crippen LogP contribution in [0.3, 0.4) is 0 Å². The van der Waals surface area contributed by atoms with Crippen molar-refractivity contribution in [1.82, 2.24) is 0 Å². The van der Waals surface area contributed by atoms with Gasteiger partial charge in [-0.3, -0.25) is 0 Å². The molecule has 106 heavy (non-hydrogen) atoms.